The number of amides is 2. The Kier molecular flexibility index (Phi) is 7.36. The molecule has 5 heteroatoms. The van der Waals surface area contributed by atoms with Crippen molar-refractivity contribution >= 4 is 11.8 Å². The van der Waals surface area contributed by atoms with Gasteiger partial charge in [-0.2, -0.15) is 0 Å². The van der Waals surface area contributed by atoms with Crippen molar-refractivity contribution in [2.75, 3.05) is 6.54 Å². The van der Waals surface area contributed by atoms with Gasteiger partial charge in [-0.3, -0.25) is 9.59 Å². The van der Waals surface area contributed by atoms with Crippen LogP contribution in [0, 0.1) is 0 Å². The predicted octanol–water partition coefficient (Wildman–Crippen LogP) is 2.19. The predicted molar refractivity (Wildman–Crippen MR) is 101 cm³/mol. The van der Waals surface area contributed by atoms with E-state index in [-0.39, 0.29) is 18.9 Å². The maximum Gasteiger partial charge on any atom is 0.251 e. The zero-order valence-electron chi connectivity index (χ0n) is 15.1. The SMILES string of the molecule is C[C@@](O)(CCc1ccccc1)C(=O)NCCC(=O)NCc1ccccc1. The van der Waals surface area contributed by atoms with Crippen LogP contribution in [0.4, 0.5) is 0 Å². The van der Waals surface area contributed by atoms with Crippen molar-refractivity contribution < 1.29 is 14.7 Å². The minimum atomic E-state index is -1.46. The summed E-state index contributed by atoms with van der Waals surface area (Å²) in [4.78, 5) is 24.0. The van der Waals surface area contributed by atoms with Crippen LogP contribution in [0.15, 0.2) is 60.7 Å². The van der Waals surface area contributed by atoms with Gasteiger partial charge < -0.3 is 15.7 Å². The van der Waals surface area contributed by atoms with Crippen molar-refractivity contribution in [3.05, 3.63) is 71.8 Å². The van der Waals surface area contributed by atoms with Crippen LogP contribution in [0.25, 0.3) is 0 Å². The third kappa shape index (κ3) is 6.69. The van der Waals surface area contributed by atoms with Crippen molar-refractivity contribution in [2.24, 2.45) is 0 Å². The first kappa shape index (κ1) is 19.7. The van der Waals surface area contributed by atoms with E-state index in [1.165, 1.54) is 6.92 Å². The summed E-state index contributed by atoms with van der Waals surface area (Å²) in [6, 6.07) is 19.3. The summed E-state index contributed by atoms with van der Waals surface area (Å²) in [5.74, 6) is -0.595. The van der Waals surface area contributed by atoms with Gasteiger partial charge in [0.15, 0.2) is 0 Å². The van der Waals surface area contributed by atoms with Crippen LogP contribution in [0.2, 0.25) is 0 Å². The van der Waals surface area contributed by atoms with Crippen LogP contribution in [0.1, 0.15) is 30.9 Å². The molecule has 2 aromatic carbocycles. The smallest absolute Gasteiger partial charge is 0.251 e. The van der Waals surface area contributed by atoms with Crippen molar-refractivity contribution in [1.82, 2.24) is 10.6 Å². The van der Waals surface area contributed by atoms with Gasteiger partial charge in [0.1, 0.15) is 5.60 Å². The summed E-state index contributed by atoms with van der Waals surface area (Å²) >= 11 is 0. The van der Waals surface area contributed by atoms with Gasteiger partial charge in [-0.15, -0.1) is 0 Å². The first-order chi connectivity index (χ1) is 12.5. The molecule has 0 fully saturated rings. The third-order valence-electron chi connectivity index (χ3n) is 4.20. The average Bonchev–Trinajstić information content (AvgIpc) is 2.66. The molecule has 0 aliphatic carbocycles. The molecule has 3 N–H and O–H groups in total. The molecule has 0 aliphatic heterocycles. The molecule has 0 unspecified atom stereocenters. The van der Waals surface area contributed by atoms with Crippen molar-refractivity contribution in [3.63, 3.8) is 0 Å². The molecule has 5 nitrogen and oxygen atoms in total. The van der Waals surface area contributed by atoms with Gasteiger partial charge in [0.25, 0.3) is 5.91 Å². The van der Waals surface area contributed by atoms with Gasteiger partial charge in [0.05, 0.1) is 0 Å². The topological polar surface area (TPSA) is 78.4 Å². The zero-order valence-corrected chi connectivity index (χ0v) is 15.1. The molecule has 0 saturated carbocycles. The molecule has 26 heavy (non-hydrogen) atoms. The molecule has 0 spiro atoms. The van der Waals surface area contributed by atoms with Crippen LogP contribution in [-0.2, 0) is 22.6 Å². The highest BCUT2D eigenvalue weighted by Gasteiger charge is 2.29. The van der Waals surface area contributed by atoms with E-state index in [1.54, 1.807) is 0 Å². The Morgan fingerprint density at radius 2 is 1.50 bits per heavy atom. The van der Waals surface area contributed by atoms with Crippen molar-refractivity contribution in [2.45, 2.75) is 38.3 Å². The van der Waals surface area contributed by atoms with E-state index in [9.17, 15) is 14.7 Å². The van der Waals surface area contributed by atoms with Crippen LogP contribution >= 0.6 is 0 Å². The van der Waals surface area contributed by atoms with Crippen molar-refractivity contribution in [1.29, 1.82) is 0 Å². The number of aryl methyl sites for hydroxylation is 1. The number of nitrogens with one attached hydrogen (secondary N) is 2. The summed E-state index contributed by atoms with van der Waals surface area (Å²) in [6.45, 7) is 2.16. The summed E-state index contributed by atoms with van der Waals surface area (Å²) in [5, 5.41) is 15.8. The molecule has 0 heterocycles. The molecular formula is C21H26N2O3. The standard InChI is InChI=1S/C21H26N2O3/c1-21(26,14-12-17-8-4-2-5-9-17)20(25)22-15-13-19(24)23-16-18-10-6-3-7-11-18/h2-11,26H,12-16H2,1H3,(H,22,25)(H,23,24)/t21-/m1/s1. The van der Waals surface area contributed by atoms with E-state index in [2.05, 4.69) is 10.6 Å². The third-order valence-corrected chi connectivity index (χ3v) is 4.20. The number of hydrogen-bond donors (Lipinski definition) is 3. The van der Waals surface area contributed by atoms with Crippen LogP contribution < -0.4 is 10.6 Å². The van der Waals surface area contributed by atoms with Gasteiger partial charge >= 0.3 is 0 Å². The summed E-state index contributed by atoms with van der Waals surface area (Å²) in [6.07, 6.45) is 1.11. The minimum Gasteiger partial charge on any atom is -0.380 e. The van der Waals surface area contributed by atoms with Crippen LogP contribution in [0.3, 0.4) is 0 Å². The van der Waals surface area contributed by atoms with Gasteiger partial charge in [0.2, 0.25) is 5.91 Å². The summed E-state index contributed by atoms with van der Waals surface area (Å²) < 4.78 is 0. The highest BCUT2D eigenvalue weighted by atomic mass is 16.3. The molecular weight excluding hydrogens is 328 g/mol. The number of carbonyl (C=O) groups is 2. The Morgan fingerprint density at radius 3 is 2.12 bits per heavy atom. The number of hydrogen-bond acceptors (Lipinski definition) is 3. The molecule has 0 aliphatic rings. The fourth-order valence-corrected chi connectivity index (χ4v) is 2.51. The lowest BCUT2D eigenvalue weighted by Gasteiger charge is -2.22. The molecule has 2 amide bonds. The van der Waals surface area contributed by atoms with E-state index < -0.39 is 11.5 Å². The molecule has 2 aromatic rings. The Bertz CT molecular complexity index is 700. The highest BCUT2D eigenvalue weighted by Crippen LogP contribution is 2.14. The summed E-state index contributed by atoms with van der Waals surface area (Å²) in [5.41, 5.74) is 0.630. The lowest BCUT2D eigenvalue weighted by atomic mass is 9.96. The molecule has 0 aromatic heterocycles. The van der Waals surface area contributed by atoms with Crippen LogP contribution in [-0.4, -0.2) is 29.1 Å². The van der Waals surface area contributed by atoms with Crippen LogP contribution in [0.5, 0.6) is 0 Å². The average molecular weight is 354 g/mol. The first-order valence-electron chi connectivity index (χ1n) is 8.82. The second-order valence-electron chi connectivity index (χ2n) is 6.53. The van der Waals surface area contributed by atoms with E-state index >= 15 is 0 Å². The molecule has 0 saturated heterocycles. The maximum atomic E-state index is 12.2. The largest absolute Gasteiger partial charge is 0.380 e. The normalized spacial score (nSPS) is 12.8. The van der Waals surface area contributed by atoms with Gasteiger partial charge in [-0.25, -0.2) is 0 Å². The molecule has 138 valence electrons. The Labute approximate surface area is 154 Å². The number of aliphatic hydroxyl groups is 1. The van der Waals surface area contributed by atoms with Gasteiger partial charge in [-0.05, 0) is 30.9 Å². The Hall–Kier alpha value is -2.66. The summed E-state index contributed by atoms with van der Waals surface area (Å²) in [7, 11) is 0. The zero-order chi connectivity index (χ0) is 18.8. The van der Waals surface area contributed by atoms with E-state index in [4.69, 9.17) is 0 Å². The first-order valence-corrected chi connectivity index (χ1v) is 8.82. The number of carbonyl (C=O) groups excluding carboxylic acids is 2. The second-order valence-corrected chi connectivity index (χ2v) is 6.53. The molecule has 0 bridgehead atoms. The molecule has 1 atom stereocenters. The lowest BCUT2D eigenvalue weighted by molar-refractivity contribution is -0.138. The quantitative estimate of drug-likeness (QED) is 0.646. The second kappa shape index (κ2) is 9.73. The lowest BCUT2D eigenvalue weighted by Crippen LogP contribution is -2.45. The molecule has 2 rings (SSSR count). The number of benzene rings is 2. The maximum absolute atomic E-state index is 12.2. The van der Waals surface area contributed by atoms with Gasteiger partial charge in [0, 0.05) is 19.5 Å². The fraction of sp³-hybridized carbons (Fsp3) is 0.333. The Morgan fingerprint density at radius 1 is 0.923 bits per heavy atom. The Balaban J connectivity index is 1.67. The van der Waals surface area contributed by atoms with Gasteiger partial charge in [-0.1, -0.05) is 60.7 Å². The monoisotopic (exact) mass is 354 g/mol. The van der Waals surface area contributed by atoms with E-state index in [1.807, 2.05) is 60.7 Å². The molecule has 0 radical (unpaired) electrons. The highest BCUT2D eigenvalue weighted by molar-refractivity contribution is 5.85. The van der Waals surface area contributed by atoms with Crippen molar-refractivity contribution in [3.8, 4) is 0 Å². The minimum absolute atomic E-state index is 0.141. The fourth-order valence-electron chi connectivity index (χ4n) is 2.51. The van der Waals surface area contributed by atoms with E-state index in [0.717, 1.165) is 11.1 Å². The van der Waals surface area contributed by atoms with E-state index in [0.29, 0.717) is 19.4 Å². The number of rotatable bonds is 9.